The number of nitrogens with zero attached hydrogens (tertiary/aromatic N) is 3. The number of carbonyl (C=O) groups excluding carboxylic acids is 1. The molecule has 130 valence electrons. The molecule has 0 fully saturated rings. The number of amides is 1. The minimum atomic E-state index is -3.47. The second kappa shape index (κ2) is 6.69. The van der Waals surface area contributed by atoms with Crippen LogP contribution in [0.3, 0.4) is 0 Å². The number of aromatic nitrogens is 3. The number of halogens is 1. The van der Waals surface area contributed by atoms with Crippen molar-refractivity contribution in [1.82, 2.24) is 15.2 Å². The van der Waals surface area contributed by atoms with E-state index in [9.17, 15) is 13.2 Å². The summed E-state index contributed by atoms with van der Waals surface area (Å²) in [6.07, 6.45) is 1.07. The van der Waals surface area contributed by atoms with E-state index in [1.54, 1.807) is 30.3 Å². The number of fused-ring (bicyclic) bond motifs is 1. The van der Waals surface area contributed by atoms with Crippen molar-refractivity contribution < 1.29 is 18.0 Å². The lowest BCUT2D eigenvalue weighted by molar-refractivity contribution is -0.121. The summed E-state index contributed by atoms with van der Waals surface area (Å²) in [5.41, 5.74) is 1.26. The number of hydrogen-bond donors (Lipinski definition) is 1. The number of rotatable bonds is 5. The zero-order valence-corrected chi connectivity index (χ0v) is 14.6. The molecule has 3 rings (SSSR count). The molecule has 2 aromatic carbocycles. The van der Waals surface area contributed by atoms with Gasteiger partial charge in [-0.2, -0.15) is 0 Å². The smallest absolute Gasteiger partial charge is 0.265 e. The maximum Gasteiger partial charge on any atom is 0.265 e. The Morgan fingerprint density at radius 2 is 2.04 bits per heavy atom. The number of nitrogens with one attached hydrogen (secondary N) is 1. The molecule has 8 nitrogen and oxygen atoms in total. The first kappa shape index (κ1) is 17.2. The molecule has 0 unspecified atom stereocenters. The Bertz CT molecular complexity index is 1050. The normalized spacial score (nSPS) is 11.4. The molecule has 0 saturated heterocycles. The van der Waals surface area contributed by atoms with Gasteiger partial charge in [0.25, 0.3) is 5.91 Å². The van der Waals surface area contributed by atoms with Crippen molar-refractivity contribution in [2.75, 3.05) is 18.2 Å². The lowest BCUT2D eigenvalue weighted by atomic mass is 10.3. The van der Waals surface area contributed by atoms with Crippen LogP contribution in [0.4, 0.5) is 5.69 Å². The Labute approximate surface area is 148 Å². The molecule has 0 atom stereocenters. The van der Waals surface area contributed by atoms with Crippen molar-refractivity contribution in [2.45, 2.75) is 4.90 Å². The molecule has 0 radical (unpaired) electrons. The van der Waals surface area contributed by atoms with Crippen molar-refractivity contribution in [2.24, 2.45) is 0 Å². The van der Waals surface area contributed by atoms with Crippen molar-refractivity contribution >= 4 is 44.1 Å². The number of para-hydroxylation sites is 1. The topological polar surface area (TPSA) is 103 Å². The van der Waals surface area contributed by atoms with Crippen LogP contribution in [0.15, 0.2) is 47.4 Å². The zero-order chi connectivity index (χ0) is 18.0. The third-order valence-electron chi connectivity index (χ3n) is 3.26. The standard InChI is InChI=1S/C15H13ClN4O4S/c1-25(22,23)14-5-3-2-4-12(14)17-15(21)9-24-20-13-8-10(16)6-7-11(13)18-19-20/h2-8H,9H2,1H3,(H,17,21). The van der Waals surface area contributed by atoms with Gasteiger partial charge in [0.1, 0.15) is 11.0 Å². The maximum absolute atomic E-state index is 12.1. The summed E-state index contributed by atoms with van der Waals surface area (Å²) in [5, 5.41) is 10.7. The van der Waals surface area contributed by atoms with Gasteiger partial charge in [-0.25, -0.2) is 8.42 Å². The van der Waals surface area contributed by atoms with Gasteiger partial charge in [-0.1, -0.05) is 28.6 Å². The summed E-state index contributed by atoms with van der Waals surface area (Å²) in [6.45, 7) is -0.386. The third kappa shape index (κ3) is 3.89. The molecule has 1 heterocycles. The first-order chi connectivity index (χ1) is 11.8. The zero-order valence-electron chi connectivity index (χ0n) is 13.0. The van der Waals surface area contributed by atoms with Crippen LogP contribution in [0.2, 0.25) is 5.02 Å². The van der Waals surface area contributed by atoms with E-state index in [0.29, 0.717) is 16.1 Å². The lowest BCUT2D eigenvalue weighted by Crippen LogP contribution is -2.26. The van der Waals surface area contributed by atoms with Crippen LogP contribution < -0.4 is 10.2 Å². The molecule has 0 aliphatic heterocycles. The summed E-state index contributed by atoms with van der Waals surface area (Å²) in [4.78, 5) is 18.5. The van der Waals surface area contributed by atoms with E-state index in [0.717, 1.165) is 11.1 Å². The van der Waals surface area contributed by atoms with Gasteiger partial charge in [-0.15, -0.1) is 5.10 Å². The molecular formula is C15H13ClN4O4S. The summed E-state index contributed by atoms with van der Waals surface area (Å²) >= 11 is 5.92. The summed E-state index contributed by atoms with van der Waals surface area (Å²) in [6, 6.07) is 11.1. The predicted octanol–water partition coefficient (Wildman–Crippen LogP) is 1.56. The highest BCUT2D eigenvalue weighted by Crippen LogP contribution is 2.20. The van der Waals surface area contributed by atoms with Gasteiger partial charge in [0.05, 0.1) is 10.6 Å². The Morgan fingerprint density at radius 1 is 1.28 bits per heavy atom. The third-order valence-corrected chi connectivity index (χ3v) is 4.65. The van der Waals surface area contributed by atoms with Gasteiger partial charge >= 0.3 is 0 Å². The molecule has 1 amide bonds. The van der Waals surface area contributed by atoms with E-state index in [1.165, 1.54) is 12.1 Å². The molecule has 0 spiro atoms. The fraction of sp³-hybridized carbons (Fsp3) is 0.133. The fourth-order valence-electron chi connectivity index (χ4n) is 2.17. The second-order valence-corrected chi connectivity index (χ2v) is 7.61. The van der Waals surface area contributed by atoms with Crippen LogP contribution in [-0.2, 0) is 14.6 Å². The Balaban J connectivity index is 1.73. The van der Waals surface area contributed by atoms with Crippen LogP contribution in [0.25, 0.3) is 11.0 Å². The number of benzene rings is 2. The quantitative estimate of drug-likeness (QED) is 0.720. The first-order valence-corrected chi connectivity index (χ1v) is 9.35. The van der Waals surface area contributed by atoms with Crippen LogP contribution >= 0.6 is 11.6 Å². The molecule has 3 aromatic rings. The van der Waals surface area contributed by atoms with E-state index in [1.807, 2.05) is 0 Å². The number of sulfone groups is 1. The molecule has 1 N–H and O–H groups in total. The predicted molar refractivity (Wildman–Crippen MR) is 92.2 cm³/mol. The van der Waals surface area contributed by atoms with E-state index >= 15 is 0 Å². The summed E-state index contributed by atoms with van der Waals surface area (Å²) < 4.78 is 23.5. The number of hydrogen-bond acceptors (Lipinski definition) is 6. The fourth-order valence-corrected chi connectivity index (χ4v) is 3.18. The van der Waals surface area contributed by atoms with Gasteiger partial charge in [0.2, 0.25) is 0 Å². The Kier molecular flexibility index (Phi) is 4.60. The van der Waals surface area contributed by atoms with Crippen molar-refractivity contribution in [3.63, 3.8) is 0 Å². The van der Waals surface area contributed by atoms with Crippen molar-refractivity contribution in [1.29, 1.82) is 0 Å². The minimum absolute atomic E-state index is 0.0290. The molecule has 0 bridgehead atoms. The lowest BCUT2D eigenvalue weighted by Gasteiger charge is -2.10. The molecule has 10 heteroatoms. The van der Waals surface area contributed by atoms with Crippen molar-refractivity contribution in [3.8, 4) is 0 Å². The molecule has 1 aromatic heterocycles. The largest absolute Gasteiger partial charge is 0.385 e. The van der Waals surface area contributed by atoms with Crippen molar-refractivity contribution in [3.05, 3.63) is 47.5 Å². The van der Waals surface area contributed by atoms with Crippen LogP contribution in [-0.4, -0.2) is 42.3 Å². The number of anilines is 1. The van der Waals surface area contributed by atoms with Crippen LogP contribution in [0, 0.1) is 0 Å². The molecule has 0 aliphatic rings. The van der Waals surface area contributed by atoms with Gasteiger partial charge in [-0.05, 0) is 35.5 Å². The average Bonchev–Trinajstić information content (AvgIpc) is 2.94. The highest BCUT2D eigenvalue weighted by Gasteiger charge is 2.15. The molecule has 0 aliphatic carbocycles. The number of carbonyl (C=O) groups is 1. The van der Waals surface area contributed by atoms with Gasteiger partial charge < -0.3 is 10.2 Å². The Morgan fingerprint density at radius 3 is 2.80 bits per heavy atom. The van der Waals surface area contributed by atoms with Crippen LogP contribution in [0.1, 0.15) is 0 Å². The first-order valence-electron chi connectivity index (χ1n) is 7.08. The van der Waals surface area contributed by atoms with E-state index in [2.05, 4.69) is 15.6 Å². The monoisotopic (exact) mass is 380 g/mol. The average molecular weight is 381 g/mol. The molecular weight excluding hydrogens is 368 g/mol. The van der Waals surface area contributed by atoms with Crippen LogP contribution in [0.5, 0.6) is 0 Å². The SMILES string of the molecule is CS(=O)(=O)c1ccccc1NC(=O)COn1nnc2ccc(Cl)cc21. The van der Waals surface area contributed by atoms with Gasteiger partial charge in [0.15, 0.2) is 16.4 Å². The molecule has 25 heavy (non-hydrogen) atoms. The maximum atomic E-state index is 12.1. The van der Waals surface area contributed by atoms with E-state index in [-0.39, 0.29) is 17.2 Å². The minimum Gasteiger partial charge on any atom is -0.385 e. The summed E-state index contributed by atoms with van der Waals surface area (Å²) in [7, 11) is -3.47. The second-order valence-electron chi connectivity index (χ2n) is 5.19. The van der Waals surface area contributed by atoms with Gasteiger partial charge in [0, 0.05) is 11.3 Å². The van der Waals surface area contributed by atoms with Gasteiger partial charge in [-0.3, -0.25) is 4.79 Å². The van der Waals surface area contributed by atoms with E-state index in [4.69, 9.17) is 16.4 Å². The highest BCUT2D eigenvalue weighted by atomic mass is 35.5. The van der Waals surface area contributed by atoms with E-state index < -0.39 is 15.7 Å². The Hall–Kier alpha value is -2.65. The highest BCUT2D eigenvalue weighted by molar-refractivity contribution is 7.90. The summed E-state index contributed by atoms with van der Waals surface area (Å²) in [5.74, 6) is -0.540. The molecule has 0 saturated carbocycles.